The molecule has 10 nitrogen and oxygen atoms in total. The van der Waals surface area contributed by atoms with Crippen molar-refractivity contribution in [3.8, 4) is 11.5 Å². The maximum atomic E-state index is 13.7. The van der Waals surface area contributed by atoms with Crippen molar-refractivity contribution in [3.05, 3.63) is 102 Å². The first-order valence-electron chi connectivity index (χ1n) is 12.1. The summed E-state index contributed by atoms with van der Waals surface area (Å²) in [5, 5.41) is 2.95. The molecule has 0 spiro atoms. The maximum absolute atomic E-state index is 13.7. The second kappa shape index (κ2) is 12.7. The van der Waals surface area contributed by atoms with Crippen molar-refractivity contribution in [2.24, 2.45) is 0 Å². The van der Waals surface area contributed by atoms with Gasteiger partial charge in [0.25, 0.3) is 20.0 Å². The molecule has 0 saturated carbocycles. The van der Waals surface area contributed by atoms with Gasteiger partial charge in [-0.2, -0.15) is 0 Å². The summed E-state index contributed by atoms with van der Waals surface area (Å²) in [4.78, 5) is 12.8. The standard InChI is InChI=1S/C28H25ClFN3O7S2/c1-39-26-16-15-25(17-27(26)40-2)42(37,38)33(23-11-3-19(29)4-12-23)18-28(34)31-21-9-13-24(14-10-21)41(35,36)32-22-7-5-20(30)6-8-22/h3-17,32H,18H2,1-2H3,(H,31,34). The number of rotatable bonds is 11. The minimum atomic E-state index is -4.29. The third-order valence-electron chi connectivity index (χ3n) is 5.89. The number of amides is 1. The number of nitrogens with zero attached hydrogens (tertiary/aromatic N) is 1. The molecule has 0 saturated heterocycles. The van der Waals surface area contributed by atoms with Crippen molar-refractivity contribution in [3.63, 3.8) is 0 Å². The van der Waals surface area contributed by atoms with E-state index in [0.29, 0.717) is 10.8 Å². The topological polar surface area (TPSA) is 131 Å². The second-order valence-corrected chi connectivity index (χ2v) is 12.7. The van der Waals surface area contributed by atoms with Gasteiger partial charge in [0, 0.05) is 22.5 Å². The predicted molar refractivity (Wildman–Crippen MR) is 158 cm³/mol. The van der Waals surface area contributed by atoms with Gasteiger partial charge in [-0.05, 0) is 84.9 Å². The van der Waals surface area contributed by atoms with Gasteiger partial charge in [0.1, 0.15) is 12.4 Å². The number of hydrogen-bond acceptors (Lipinski definition) is 7. The van der Waals surface area contributed by atoms with Crippen LogP contribution >= 0.6 is 11.6 Å². The van der Waals surface area contributed by atoms with E-state index >= 15 is 0 Å². The Hall–Kier alpha value is -4.33. The van der Waals surface area contributed by atoms with E-state index in [2.05, 4.69) is 10.0 Å². The molecule has 14 heteroatoms. The molecular formula is C28H25ClFN3O7S2. The van der Waals surface area contributed by atoms with E-state index in [1.807, 2.05) is 0 Å². The van der Waals surface area contributed by atoms with Crippen molar-refractivity contribution in [1.29, 1.82) is 0 Å². The lowest BCUT2D eigenvalue weighted by Crippen LogP contribution is -2.38. The van der Waals surface area contributed by atoms with E-state index in [-0.39, 0.29) is 32.6 Å². The van der Waals surface area contributed by atoms with Crippen molar-refractivity contribution in [1.82, 2.24) is 0 Å². The van der Waals surface area contributed by atoms with E-state index in [1.165, 1.54) is 93.1 Å². The van der Waals surface area contributed by atoms with Crippen LogP contribution in [0, 0.1) is 5.82 Å². The molecule has 0 unspecified atom stereocenters. The van der Waals surface area contributed by atoms with E-state index in [0.717, 1.165) is 16.4 Å². The highest BCUT2D eigenvalue weighted by Crippen LogP contribution is 2.32. The molecule has 42 heavy (non-hydrogen) atoms. The summed E-state index contributed by atoms with van der Waals surface area (Å²) in [6.45, 7) is -0.621. The summed E-state index contributed by atoms with van der Waals surface area (Å²) < 4.78 is 79.6. The molecule has 0 aromatic heterocycles. The predicted octanol–water partition coefficient (Wildman–Crippen LogP) is 5.13. The molecule has 0 fully saturated rings. The van der Waals surface area contributed by atoms with E-state index < -0.39 is 38.3 Å². The van der Waals surface area contributed by atoms with Crippen molar-refractivity contribution in [2.75, 3.05) is 35.1 Å². The molecule has 2 N–H and O–H groups in total. The first-order valence-corrected chi connectivity index (χ1v) is 15.4. The number of nitrogens with one attached hydrogen (secondary N) is 2. The van der Waals surface area contributed by atoms with Gasteiger partial charge in [-0.3, -0.25) is 13.8 Å². The zero-order valence-electron chi connectivity index (χ0n) is 22.2. The zero-order valence-corrected chi connectivity index (χ0v) is 24.6. The Labute approximate surface area is 247 Å². The molecule has 0 bridgehead atoms. The van der Waals surface area contributed by atoms with Gasteiger partial charge in [-0.25, -0.2) is 21.2 Å². The monoisotopic (exact) mass is 633 g/mol. The molecule has 4 aromatic rings. The van der Waals surface area contributed by atoms with Gasteiger partial charge in [-0.1, -0.05) is 11.6 Å². The number of carbonyl (C=O) groups is 1. The fraction of sp³-hybridized carbons (Fsp3) is 0.107. The number of halogens is 2. The van der Waals surface area contributed by atoms with Gasteiger partial charge < -0.3 is 14.8 Å². The van der Waals surface area contributed by atoms with E-state index in [9.17, 15) is 26.0 Å². The van der Waals surface area contributed by atoms with E-state index in [4.69, 9.17) is 21.1 Å². The molecule has 0 heterocycles. The zero-order chi connectivity index (χ0) is 30.5. The normalized spacial score (nSPS) is 11.4. The number of carbonyl (C=O) groups excluding carboxylic acids is 1. The number of ether oxygens (including phenoxy) is 2. The highest BCUT2D eigenvalue weighted by atomic mass is 35.5. The molecule has 0 aliphatic rings. The Morgan fingerprint density at radius 1 is 0.786 bits per heavy atom. The molecule has 4 rings (SSSR count). The van der Waals surface area contributed by atoms with Crippen LogP contribution in [0.5, 0.6) is 11.5 Å². The third kappa shape index (κ3) is 7.11. The maximum Gasteiger partial charge on any atom is 0.264 e. The molecule has 0 aliphatic heterocycles. The van der Waals surface area contributed by atoms with Crippen LogP contribution in [0.25, 0.3) is 0 Å². The Balaban J connectivity index is 1.55. The van der Waals surface area contributed by atoms with Gasteiger partial charge in [-0.15, -0.1) is 0 Å². The second-order valence-electron chi connectivity index (χ2n) is 8.69. The van der Waals surface area contributed by atoms with Gasteiger partial charge in [0.15, 0.2) is 11.5 Å². The fourth-order valence-corrected chi connectivity index (χ4v) is 6.43. The summed E-state index contributed by atoms with van der Waals surface area (Å²) in [6.07, 6.45) is 0. The van der Waals surface area contributed by atoms with Crippen molar-refractivity contribution >= 4 is 54.6 Å². The molecule has 0 aliphatic carbocycles. The molecule has 0 radical (unpaired) electrons. The Morgan fingerprint density at radius 3 is 1.95 bits per heavy atom. The molecular weight excluding hydrogens is 609 g/mol. The highest BCUT2D eigenvalue weighted by molar-refractivity contribution is 7.93. The average molecular weight is 634 g/mol. The van der Waals surface area contributed by atoms with Crippen LogP contribution in [-0.4, -0.2) is 43.5 Å². The van der Waals surface area contributed by atoms with E-state index in [1.54, 1.807) is 0 Å². The number of hydrogen-bond donors (Lipinski definition) is 2. The summed E-state index contributed by atoms with van der Waals surface area (Å²) in [6, 6.07) is 20.0. The summed E-state index contributed by atoms with van der Waals surface area (Å²) >= 11 is 5.99. The fourth-order valence-electron chi connectivity index (χ4n) is 3.81. The summed E-state index contributed by atoms with van der Waals surface area (Å²) in [5.74, 6) is -0.702. The first kappa shape index (κ1) is 30.6. The Morgan fingerprint density at radius 2 is 1.36 bits per heavy atom. The number of methoxy groups -OCH3 is 2. The lowest BCUT2D eigenvalue weighted by molar-refractivity contribution is -0.114. The highest BCUT2D eigenvalue weighted by Gasteiger charge is 2.28. The SMILES string of the molecule is COc1ccc(S(=O)(=O)N(CC(=O)Nc2ccc(S(=O)(=O)Nc3ccc(F)cc3)cc2)c2ccc(Cl)cc2)cc1OC. The lowest BCUT2D eigenvalue weighted by Gasteiger charge is -2.24. The summed E-state index contributed by atoms with van der Waals surface area (Å²) in [7, 11) is -5.49. The Kier molecular flexibility index (Phi) is 9.24. The van der Waals surface area contributed by atoms with Crippen LogP contribution in [0.3, 0.4) is 0 Å². The first-order chi connectivity index (χ1) is 19.9. The number of anilines is 3. The smallest absolute Gasteiger partial charge is 0.264 e. The summed E-state index contributed by atoms with van der Waals surface area (Å²) in [5.41, 5.74) is 0.574. The van der Waals surface area contributed by atoms with Crippen LogP contribution in [0.4, 0.5) is 21.5 Å². The van der Waals surface area contributed by atoms with Crippen LogP contribution in [0.1, 0.15) is 0 Å². The third-order valence-corrected chi connectivity index (χ3v) is 9.31. The molecule has 220 valence electrons. The largest absolute Gasteiger partial charge is 0.493 e. The van der Waals surface area contributed by atoms with Gasteiger partial charge >= 0.3 is 0 Å². The van der Waals surface area contributed by atoms with Crippen molar-refractivity contribution in [2.45, 2.75) is 9.79 Å². The Bertz CT molecular complexity index is 1790. The van der Waals surface area contributed by atoms with Crippen LogP contribution in [0.2, 0.25) is 5.02 Å². The van der Waals surface area contributed by atoms with Gasteiger partial charge in [0.05, 0.1) is 29.7 Å². The molecule has 1 amide bonds. The molecule has 4 aromatic carbocycles. The average Bonchev–Trinajstić information content (AvgIpc) is 2.97. The van der Waals surface area contributed by atoms with Crippen LogP contribution < -0.4 is 23.8 Å². The van der Waals surface area contributed by atoms with Crippen LogP contribution in [0.15, 0.2) is 101 Å². The van der Waals surface area contributed by atoms with Crippen LogP contribution in [-0.2, 0) is 24.8 Å². The minimum Gasteiger partial charge on any atom is -0.493 e. The van der Waals surface area contributed by atoms with Crippen molar-refractivity contribution < 1.29 is 35.5 Å². The van der Waals surface area contributed by atoms with Gasteiger partial charge in [0.2, 0.25) is 5.91 Å². The molecule has 0 atom stereocenters. The quantitative estimate of drug-likeness (QED) is 0.234. The number of sulfonamides is 2. The minimum absolute atomic E-state index is 0.108. The lowest BCUT2D eigenvalue weighted by atomic mass is 10.3. The number of benzene rings is 4.